The minimum absolute atomic E-state index is 0. The van der Waals surface area contributed by atoms with Crippen LogP contribution in [0.5, 0.6) is 0 Å². The molecule has 0 spiro atoms. The third-order valence-electron chi connectivity index (χ3n) is 5.17. The van der Waals surface area contributed by atoms with Crippen LogP contribution in [-0.2, 0) is 6.18 Å². The molecule has 1 saturated heterocycles. The molecular formula is C19H24ClF3N4O. The maximum absolute atomic E-state index is 13.0. The Morgan fingerprint density at radius 1 is 1.36 bits per heavy atom. The molecule has 9 heteroatoms. The van der Waals surface area contributed by atoms with Crippen LogP contribution in [0.2, 0.25) is 0 Å². The molecule has 5 nitrogen and oxygen atoms in total. The van der Waals surface area contributed by atoms with Gasteiger partial charge in [-0.25, -0.2) is 4.68 Å². The van der Waals surface area contributed by atoms with Crippen LogP contribution >= 0.6 is 12.4 Å². The average molecular weight is 417 g/mol. The molecule has 2 atom stereocenters. The number of nitrogens with two attached hydrogens (primary N) is 1. The summed E-state index contributed by atoms with van der Waals surface area (Å²) >= 11 is 0. The highest BCUT2D eigenvalue weighted by atomic mass is 35.5. The minimum Gasteiger partial charge on any atom is -0.334 e. The number of likely N-dealkylation sites (tertiary alicyclic amines) is 1. The van der Waals surface area contributed by atoms with Gasteiger partial charge < -0.3 is 10.6 Å². The van der Waals surface area contributed by atoms with Crippen molar-refractivity contribution in [3.8, 4) is 5.69 Å². The second kappa shape index (κ2) is 8.53. The number of rotatable bonds is 3. The van der Waals surface area contributed by atoms with Crippen LogP contribution in [0, 0.1) is 12.8 Å². The maximum atomic E-state index is 13.0. The molecule has 0 radical (unpaired) electrons. The highest BCUT2D eigenvalue weighted by Gasteiger charge is 2.32. The van der Waals surface area contributed by atoms with E-state index in [1.807, 2.05) is 0 Å². The van der Waals surface area contributed by atoms with E-state index < -0.39 is 11.7 Å². The smallest absolute Gasteiger partial charge is 0.334 e. The quantitative estimate of drug-likeness (QED) is 0.827. The number of alkyl halides is 3. The van der Waals surface area contributed by atoms with Crippen molar-refractivity contribution in [1.29, 1.82) is 0 Å². The summed E-state index contributed by atoms with van der Waals surface area (Å²) in [4.78, 5) is 14.8. The van der Waals surface area contributed by atoms with Crippen molar-refractivity contribution in [1.82, 2.24) is 14.7 Å². The van der Waals surface area contributed by atoms with E-state index in [0.717, 1.165) is 25.0 Å². The normalized spacial score (nSPS) is 20.0. The lowest BCUT2D eigenvalue weighted by Gasteiger charge is -2.38. The fourth-order valence-corrected chi connectivity index (χ4v) is 3.59. The van der Waals surface area contributed by atoms with E-state index in [-0.39, 0.29) is 30.0 Å². The molecule has 1 aromatic heterocycles. The first-order valence-electron chi connectivity index (χ1n) is 8.95. The Balaban J connectivity index is 0.00000280. The third-order valence-corrected chi connectivity index (χ3v) is 5.17. The number of nitrogens with zero attached hydrogens (tertiary/aromatic N) is 3. The van der Waals surface area contributed by atoms with Gasteiger partial charge in [0.05, 0.1) is 28.7 Å². The number of hydrogen-bond acceptors (Lipinski definition) is 3. The van der Waals surface area contributed by atoms with E-state index in [9.17, 15) is 18.0 Å². The first kappa shape index (κ1) is 22.2. The predicted octanol–water partition coefficient (Wildman–Crippen LogP) is 3.82. The van der Waals surface area contributed by atoms with Gasteiger partial charge in [0.2, 0.25) is 0 Å². The van der Waals surface area contributed by atoms with E-state index >= 15 is 0 Å². The highest BCUT2D eigenvalue weighted by molar-refractivity contribution is 5.95. The number of benzene rings is 1. The zero-order valence-corrected chi connectivity index (χ0v) is 16.6. The number of carbonyl (C=O) groups excluding carboxylic acids is 1. The van der Waals surface area contributed by atoms with Crippen molar-refractivity contribution in [2.75, 3.05) is 13.1 Å². The van der Waals surface area contributed by atoms with E-state index in [4.69, 9.17) is 5.73 Å². The largest absolute Gasteiger partial charge is 0.416 e. The van der Waals surface area contributed by atoms with E-state index in [1.54, 1.807) is 11.8 Å². The molecule has 2 N–H and O–H groups in total. The van der Waals surface area contributed by atoms with Crippen LogP contribution in [0.3, 0.4) is 0 Å². The fraction of sp³-hybridized carbons (Fsp3) is 0.474. The second-order valence-electron chi connectivity index (χ2n) is 7.12. The van der Waals surface area contributed by atoms with Crippen LogP contribution in [0.15, 0.2) is 30.5 Å². The van der Waals surface area contributed by atoms with Crippen molar-refractivity contribution < 1.29 is 18.0 Å². The molecule has 154 valence electrons. The molecule has 1 aliphatic heterocycles. The summed E-state index contributed by atoms with van der Waals surface area (Å²) in [5, 5.41) is 4.16. The van der Waals surface area contributed by atoms with Gasteiger partial charge in [0, 0.05) is 19.1 Å². The van der Waals surface area contributed by atoms with Gasteiger partial charge in [-0.15, -0.1) is 12.4 Å². The molecule has 0 bridgehead atoms. The molecule has 2 aromatic rings. The first-order valence-corrected chi connectivity index (χ1v) is 8.95. The number of piperidine rings is 1. The van der Waals surface area contributed by atoms with Crippen molar-refractivity contribution in [2.45, 2.75) is 38.9 Å². The summed E-state index contributed by atoms with van der Waals surface area (Å²) < 4.78 is 40.3. The molecular weight excluding hydrogens is 393 g/mol. The minimum atomic E-state index is -4.44. The summed E-state index contributed by atoms with van der Waals surface area (Å²) in [6.45, 7) is 4.83. The molecule has 0 saturated carbocycles. The molecule has 3 rings (SSSR count). The highest BCUT2D eigenvalue weighted by Crippen LogP contribution is 2.31. The maximum Gasteiger partial charge on any atom is 0.416 e. The fourth-order valence-electron chi connectivity index (χ4n) is 3.59. The van der Waals surface area contributed by atoms with Gasteiger partial charge in [-0.1, -0.05) is 13.0 Å². The van der Waals surface area contributed by atoms with Crippen LogP contribution in [0.4, 0.5) is 13.2 Å². The standard InChI is InChI=1S/C19H23F3N4O.ClH/c1-12-6-7-25(16(8-12)10-23)18(27)17-11-24-26(13(17)2)15-5-3-4-14(9-15)19(20,21)22;/h3-5,9,11-12,16H,6-8,10,23H2,1-2H3;1H. The second-order valence-corrected chi connectivity index (χ2v) is 7.12. The van der Waals surface area contributed by atoms with E-state index in [1.165, 1.54) is 23.0 Å². The van der Waals surface area contributed by atoms with Crippen LogP contribution < -0.4 is 5.73 Å². The Bertz CT molecular complexity index is 837. The van der Waals surface area contributed by atoms with Crippen molar-refractivity contribution in [3.63, 3.8) is 0 Å². The Morgan fingerprint density at radius 3 is 2.71 bits per heavy atom. The number of aromatic nitrogens is 2. The Labute approximate surface area is 168 Å². The van der Waals surface area contributed by atoms with Crippen LogP contribution in [0.1, 0.15) is 41.4 Å². The summed E-state index contributed by atoms with van der Waals surface area (Å²) in [6.07, 6.45) is -1.26. The van der Waals surface area contributed by atoms with Gasteiger partial charge in [0.25, 0.3) is 5.91 Å². The van der Waals surface area contributed by atoms with Gasteiger partial charge in [0.15, 0.2) is 0 Å². The summed E-state index contributed by atoms with van der Waals surface area (Å²) in [5.41, 5.74) is 6.25. The number of carbonyl (C=O) groups is 1. The molecule has 1 aromatic carbocycles. The summed E-state index contributed by atoms with van der Waals surface area (Å²) in [6, 6.07) is 4.87. The van der Waals surface area contributed by atoms with E-state index in [2.05, 4.69) is 12.0 Å². The number of halogens is 4. The van der Waals surface area contributed by atoms with Gasteiger partial charge in [0.1, 0.15) is 0 Å². The zero-order chi connectivity index (χ0) is 19.8. The van der Waals surface area contributed by atoms with Gasteiger partial charge in [-0.05, 0) is 43.9 Å². The SMILES string of the molecule is Cc1c(C(=O)N2CCC(C)CC2CN)cnn1-c1cccc(C(F)(F)F)c1.Cl. The third kappa shape index (κ3) is 4.33. The topological polar surface area (TPSA) is 64.2 Å². The lowest BCUT2D eigenvalue weighted by Crippen LogP contribution is -2.49. The first-order chi connectivity index (χ1) is 12.7. The molecule has 1 aliphatic rings. The molecule has 2 heterocycles. The van der Waals surface area contributed by atoms with Crippen molar-refractivity contribution in [3.05, 3.63) is 47.3 Å². The van der Waals surface area contributed by atoms with Crippen molar-refractivity contribution >= 4 is 18.3 Å². The van der Waals surface area contributed by atoms with Gasteiger partial charge in [-0.3, -0.25) is 4.79 Å². The molecule has 0 aliphatic carbocycles. The predicted molar refractivity (Wildman–Crippen MR) is 103 cm³/mol. The van der Waals surface area contributed by atoms with Gasteiger partial charge >= 0.3 is 6.18 Å². The average Bonchev–Trinajstić information content (AvgIpc) is 3.02. The van der Waals surface area contributed by atoms with Crippen LogP contribution in [0.25, 0.3) is 5.69 Å². The lowest BCUT2D eigenvalue weighted by atomic mass is 9.92. The molecule has 1 fully saturated rings. The zero-order valence-electron chi connectivity index (χ0n) is 15.7. The van der Waals surface area contributed by atoms with Gasteiger partial charge in [-0.2, -0.15) is 18.3 Å². The Morgan fingerprint density at radius 2 is 2.07 bits per heavy atom. The molecule has 2 unspecified atom stereocenters. The Hall–Kier alpha value is -2.06. The van der Waals surface area contributed by atoms with E-state index in [0.29, 0.717) is 30.3 Å². The molecule has 1 amide bonds. The number of hydrogen-bond donors (Lipinski definition) is 1. The number of amides is 1. The monoisotopic (exact) mass is 416 g/mol. The summed E-state index contributed by atoms with van der Waals surface area (Å²) in [5.74, 6) is 0.338. The molecule has 28 heavy (non-hydrogen) atoms. The van der Waals surface area contributed by atoms with Crippen molar-refractivity contribution in [2.24, 2.45) is 11.7 Å². The lowest BCUT2D eigenvalue weighted by molar-refractivity contribution is -0.137. The van der Waals surface area contributed by atoms with Crippen LogP contribution in [-0.4, -0.2) is 39.7 Å². The Kier molecular flexibility index (Phi) is 6.77. The summed E-state index contributed by atoms with van der Waals surface area (Å²) in [7, 11) is 0.